The third kappa shape index (κ3) is 5.62. The molecule has 0 atom stereocenters. The lowest BCUT2D eigenvalue weighted by Crippen LogP contribution is -2.40. The maximum atomic E-state index is 12.9. The smallest absolute Gasteiger partial charge is 0.304 e. The summed E-state index contributed by atoms with van der Waals surface area (Å²) in [5, 5.41) is 2.09. The summed E-state index contributed by atoms with van der Waals surface area (Å²) in [4.78, 5) is 19.4. The number of aromatic nitrogens is 2. The fourth-order valence-electron chi connectivity index (χ4n) is 3.71. The first-order valence-corrected chi connectivity index (χ1v) is 11.2. The molecule has 0 radical (unpaired) electrons. The fraction of sp³-hybridized carbons (Fsp3) is 0.556. The van der Waals surface area contributed by atoms with Crippen molar-refractivity contribution in [1.82, 2.24) is 14.3 Å². The van der Waals surface area contributed by atoms with Crippen LogP contribution in [-0.2, 0) is 21.2 Å². The predicted molar refractivity (Wildman–Crippen MR) is 104 cm³/mol. The zero-order chi connectivity index (χ0) is 24.6. The summed E-state index contributed by atoms with van der Waals surface area (Å²) >= 11 is 0. The van der Waals surface area contributed by atoms with E-state index in [-0.39, 0.29) is 37.9 Å². The van der Waals surface area contributed by atoms with Crippen molar-refractivity contribution in [3.63, 3.8) is 0 Å². The number of nitrogens with one attached hydrogen (secondary N) is 1. The molecule has 0 aromatic carbocycles. The minimum Gasteiger partial charge on any atom is -0.304 e. The molecular formula is C18H19F6N5O3S. The molecule has 2 heterocycles. The van der Waals surface area contributed by atoms with Gasteiger partial charge in [0.2, 0.25) is 0 Å². The molecule has 0 saturated heterocycles. The molecule has 8 nitrogen and oxygen atoms in total. The van der Waals surface area contributed by atoms with E-state index in [1.165, 1.54) is 6.92 Å². The zero-order valence-electron chi connectivity index (χ0n) is 17.1. The number of hydrogen-bond donors (Lipinski definition) is 1. The van der Waals surface area contributed by atoms with Crippen LogP contribution in [0.25, 0.3) is 0 Å². The number of amides is 1. The van der Waals surface area contributed by atoms with Gasteiger partial charge in [-0.2, -0.15) is 34.8 Å². The molecule has 1 fully saturated rings. The van der Waals surface area contributed by atoms with E-state index in [1.54, 1.807) is 0 Å². The van der Waals surface area contributed by atoms with Gasteiger partial charge in [0.25, 0.3) is 5.91 Å². The van der Waals surface area contributed by atoms with Crippen LogP contribution in [0.15, 0.2) is 28.6 Å². The Morgan fingerprint density at radius 1 is 1.12 bits per heavy atom. The molecule has 0 spiro atoms. The maximum Gasteiger partial charge on any atom is 0.434 e. The van der Waals surface area contributed by atoms with E-state index in [2.05, 4.69) is 19.7 Å². The van der Waals surface area contributed by atoms with Gasteiger partial charge in [0.1, 0.15) is 5.70 Å². The average molecular weight is 499 g/mol. The number of nitrogens with zero attached hydrogens (tertiary/aromatic N) is 4. The molecule has 3 rings (SSSR count). The Kier molecular flexibility index (Phi) is 6.73. The molecule has 1 aliphatic heterocycles. The Labute approximate surface area is 185 Å². The third-order valence-electron chi connectivity index (χ3n) is 5.35. The molecule has 1 saturated carbocycles. The lowest BCUT2D eigenvalue weighted by atomic mass is 9.79. The normalized spacial score (nSPS) is 23.5. The molecule has 1 amide bonds. The Morgan fingerprint density at radius 2 is 1.76 bits per heavy atom. The number of hydrogen-bond acceptors (Lipinski definition) is 5. The molecule has 1 N–H and O–H groups in total. The number of anilines is 1. The summed E-state index contributed by atoms with van der Waals surface area (Å²) in [6.07, 6.45) is -7.08. The highest BCUT2D eigenvalue weighted by Crippen LogP contribution is 2.40. The van der Waals surface area contributed by atoms with Gasteiger partial charge < -0.3 is 5.32 Å². The van der Waals surface area contributed by atoms with Gasteiger partial charge >= 0.3 is 22.6 Å². The van der Waals surface area contributed by atoms with E-state index in [0.29, 0.717) is 10.5 Å². The van der Waals surface area contributed by atoms with Gasteiger partial charge in [-0.25, -0.2) is 9.29 Å². The van der Waals surface area contributed by atoms with Gasteiger partial charge in [-0.3, -0.25) is 9.78 Å². The Morgan fingerprint density at radius 3 is 2.30 bits per heavy atom. The molecule has 33 heavy (non-hydrogen) atoms. The standard InChI is InChI=1S/C18H19F6N5O3S/c1-2-29-13(16(30)27-15-9-25-8-14(26-15)18(22,23)24)7-12(28-33(29,31)32)10-3-5-11(6-4-10)17(19,20)21/h7-11H,2-6H2,1H3,(H,26,27,30). The van der Waals surface area contributed by atoms with E-state index in [9.17, 15) is 39.6 Å². The van der Waals surface area contributed by atoms with E-state index in [1.807, 2.05) is 0 Å². The van der Waals surface area contributed by atoms with Crippen molar-refractivity contribution in [3.8, 4) is 0 Å². The largest absolute Gasteiger partial charge is 0.434 e. The van der Waals surface area contributed by atoms with E-state index < -0.39 is 57.5 Å². The number of allylic oxidation sites excluding steroid dienone is 1. The Hall–Kier alpha value is -2.71. The van der Waals surface area contributed by atoms with Crippen LogP contribution in [0.3, 0.4) is 0 Å². The topological polar surface area (TPSA) is 105 Å². The molecular weight excluding hydrogens is 480 g/mol. The zero-order valence-corrected chi connectivity index (χ0v) is 17.9. The summed E-state index contributed by atoms with van der Waals surface area (Å²) in [5.74, 6) is -3.74. The molecule has 2 aliphatic rings. The number of rotatable bonds is 4. The highest BCUT2D eigenvalue weighted by Gasteiger charge is 2.43. The predicted octanol–water partition coefficient (Wildman–Crippen LogP) is 3.71. The van der Waals surface area contributed by atoms with E-state index in [0.717, 1.165) is 12.3 Å². The van der Waals surface area contributed by atoms with Crippen molar-refractivity contribution >= 4 is 27.6 Å². The van der Waals surface area contributed by atoms with Gasteiger partial charge in [-0.15, -0.1) is 4.40 Å². The van der Waals surface area contributed by atoms with Crippen LogP contribution < -0.4 is 5.32 Å². The van der Waals surface area contributed by atoms with E-state index in [4.69, 9.17) is 0 Å². The highest BCUT2D eigenvalue weighted by molar-refractivity contribution is 7.88. The molecule has 0 unspecified atom stereocenters. The van der Waals surface area contributed by atoms with Crippen molar-refractivity contribution in [2.75, 3.05) is 11.9 Å². The van der Waals surface area contributed by atoms with E-state index >= 15 is 0 Å². The number of likely N-dealkylation sites (N-methyl/N-ethyl adjacent to an activating group) is 1. The summed E-state index contributed by atoms with van der Waals surface area (Å²) in [7, 11) is -4.38. The summed E-state index contributed by atoms with van der Waals surface area (Å²) in [6.45, 7) is 1.20. The Bertz CT molecular complexity index is 1080. The van der Waals surface area contributed by atoms with Gasteiger partial charge in [-0.1, -0.05) is 0 Å². The van der Waals surface area contributed by atoms with Crippen molar-refractivity contribution < 1.29 is 39.6 Å². The first-order valence-electron chi connectivity index (χ1n) is 9.84. The lowest BCUT2D eigenvalue weighted by Gasteiger charge is -2.32. The van der Waals surface area contributed by atoms with Crippen molar-refractivity contribution in [2.24, 2.45) is 16.2 Å². The van der Waals surface area contributed by atoms with Crippen LogP contribution in [0, 0.1) is 11.8 Å². The monoisotopic (exact) mass is 499 g/mol. The first kappa shape index (κ1) is 24.9. The molecule has 1 aromatic heterocycles. The molecule has 0 bridgehead atoms. The van der Waals surface area contributed by atoms with Crippen LogP contribution >= 0.6 is 0 Å². The van der Waals surface area contributed by atoms with Crippen LogP contribution in [0.1, 0.15) is 38.3 Å². The Balaban J connectivity index is 1.86. The third-order valence-corrected chi connectivity index (χ3v) is 6.80. The SMILES string of the molecule is CCN1C(C(=O)Nc2cncc(C(F)(F)F)n2)=CC(C2CCC(C(F)(F)F)CC2)=NS1(=O)=O. The minimum absolute atomic E-state index is 0.0230. The first-order chi connectivity index (χ1) is 15.2. The number of halogens is 6. The second-order valence-electron chi connectivity index (χ2n) is 7.52. The minimum atomic E-state index is -4.81. The van der Waals surface area contributed by atoms with Crippen LogP contribution in [0.4, 0.5) is 32.2 Å². The van der Waals surface area contributed by atoms with Crippen LogP contribution in [0.2, 0.25) is 0 Å². The quantitative estimate of drug-likeness (QED) is 0.636. The highest BCUT2D eigenvalue weighted by atomic mass is 32.2. The number of carbonyl (C=O) groups excluding carboxylic acids is 1. The fourth-order valence-corrected chi connectivity index (χ4v) is 4.99. The summed E-state index contributed by atoms with van der Waals surface area (Å²) in [6, 6.07) is 0. The molecule has 15 heteroatoms. The molecule has 1 aromatic rings. The average Bonchev–Trinajstić information content (AvgIpc) is 2.71. The van der Waals surface area contributed by atoms with Crippen molar-refractivity contribution in [1.29, 1.82) is 0 Å². The van der Waals surface area contributed by atoms with Crippen LogP contribution in [-0.4, -0.2) is 47.0 Å². The summed E-state index contributed by atoms with van der Waals surface area (Å²) < 4.78 is 107. The summed E-state index contributed by atoms with van der Waals surface area (Å²) in [5.41, 5.74) is -1.86. The second-order valence-corrected chi connectivity index (χ2v) is 9.04. The van der Waals surface area contributed by atoms with Crippen LogP contribution in [0.5, 0.6) is 0 Å². The molecule has 182 valence electrons. The lowest BCUT2D eigenvalue weighted by molar-refractivity contribution is -0.182. The number of carbonyl (C=O) groups is 1. The molecule has 1 aliphatic carbocycles. The van der Waals surface area contributed by atoms with Crippen molar-refractivity contribution in [3.05, 3.63) is 29.9 Å². The van der Waals surface area contributed by atoms with Gasteiger partial charge in [0.05, 0.1) is 24.0 Å². The van der Waals surface area contributed by atoms with Crippen molar-refractivity contribution in [2.45, 2.75) is 45.0 Å². The van der Waals surface area contributed by atoms with Gasteiger partial charge in [0, 0.05) is 12.5 Å². The maximum absolute atomic E-state index is 12.9. The van der Waals surface area contributed by atoms with Gasteiger partial charge in [0.15, 0.2) is 11.5 Å². The van der Waals surface area contributed by atoms with Gasteiger partial charge in [-0.05, 0) is 38.7 Å². The second kappa shape index (κ2) is 8.91. The number of alkyl halides is 6.